The molecule has 2 aliphatic carbocycles. The van der Waals surface area contributed by atoms with Gasteiger partial charge < -0.3 is 14.5 Å². The molecule has 2 aromatic rings. The number of hydrogen-bond acceptors (Lipinski definition) is 6. The number of aromatic nitrogens is 2. The average Bonchev–Trinajstić information content (AvgIpc) is 2.86. The Balaban J connectivity index is 1.37. The van der Waals surface area contributed by atoms with Gasteiger partial charge in [0.05, 0.1) is 11.0 Å². The highest BCUT2D eigenvalue weighted by Crippen LogP contribution is 2.47. The quantitative estimate of drug-likeness (QED) is 0.492. The standard InChI is InChI=1S/C28H36N4O4/c1-36-30-26(28(34)35)25-27(33)32(24-11-3-2-10-23(24)29-25)22-15-19-8-5-9-20(16-22)31(19)21-13-17-6-4-7-18(12-17)14-21/h2-3,10-11,17-22H,4-9,12-16H2,1H3,(H,34,35)/b30-26-/t17-,18+,19-,20+,21?,22?. The summed E-state index contributed by atoms with van der Waals surface area (Å²) in [5, 5.41) is 13.4. The number of benzene rings is 1. The third-order valence-corrected chi connectivity index (χ3v) is 9.30. The second-order valence-electron chi connectivity index (χ2n) is 11.4. The van der Waals surface area contributed by atoms with Gasteiger partial charge in [0.1, 0.15) is 7.11 Å². The summed E-state index contributed by atoms with van der Waals surface area (Å²) >= 11 is 0. The summed E-state index contributed by atoms with van der Waals surface area (Å²) in [4.78, 5) is 37.8. The molecule has 0 spiro atoms. The van der Waals surface area contributed by atoms with Crippen LogP contribution in [0.2, 0.25) is 0 Å². The summed E-state index contributed by atoms with van der Waals surface area (Å²) in [6.45, 7) is 0. The Bertz CT molecular complexity index is 1210. The second-order valence-corrected chi connectivity index (χ2v) is 11.4. The number of piperidine rings is 2. The molecule has 192 valence electrons. The van der Waals surface area contributed by atoms with Gasteiger partial charge in [0.25, 0.3) is 5.56 Å². The van der Waals surface area contributed by atoms with Gasteiger partial charge in [-0.2, -0.15) is 0 Å². The Kier molecular flexibility index (Phi) is 6.32. The molecule has 36 heavy (non-hydrogen) atoms. The normalized spacial score (nSPS) is 32.9. The first-order chi connectivity index (χ1) is 17.5. The van der Waals surface area contributed by atoms with Crippen LogP contribution in [0.3, 0.4) is 0 Å². The van der Waals surface area contributed by atoms with Gasteiger partial charge in [-0.05, 0) is 68.9 Å². The third-order valence-electron chi connectivity index (χ3n) is 9.30. The SMILES string of the molecule is CO/N=C(\C(=O)O)c1nc2ccccc2n(C2C[C@H]3CCC[C@@H](C2)N3C2C[C@H]3CCC[C@@H](C2)C3)c1=O. The van der Waals surface area contributed by atoms with E-state index in [9.17, 15) is 14.7 Å². The van der Waals surface area contributed by atoms with Gasteiger partial charge in [-0.1, -0.05) is 43.0 Å². The number of rotatable bonds is 5. The zero-order valence-corrected chi connectivity index (χ0v) is 21.0. The highest BCUT2D eigenvalue weighted by Gasteiger charge is 2.45. The molecule has 3 heterocycles. The van der Waals surface area contributed by atoms with E-state index in [1.54, 1.807) is 0 Å². The maximum absolute atomic E-state index is 13.8. The van der Waals surface area contributed by atoms with Crippen LogP contribution < -0.4 is 5.56 Å². The maximum atomic E-state index is 13.8. The smallest absolute Gasteiger partial charge is 0.360 e. The minimum absolute atomic E-state index is 0.0105. The molecule has 2 aliphatic heterocycles. The van der Waals surface area contributed by atoms with Gasteiger partial charge in [0.2, 0.25) is 5.71 Å². The summed E-state index contributed by atoms with van der Waals surface area (Å²) < 4.78 is 1.82. The van der Waals surface area contributed by atoms with E-state index in [1.165, 1.54) is 64.9 Å². The summed E-state index contributed by atoms with van der Waals surface area (Å²) in [7, 11) is 1.28. The number of carboxylic acid groups (broad SMARTS) is 1. The fraction of sp³-hybridized carbons (Fsp3) is 0.643. The van der Waals surface area contributed by atoms with Gasteiger partial charge in [-0.25, -0.2) is 9.78 Å². The minimum Gasteiger partial charge on any atom is -0.476 e. The zero-order valence-electron chi connectivity index (χ0n) is 21.0. The molecule has 1 aromatic carbocycles. The molecule has 2 saturated carbocycles. The van der Waals surface area contributed by atoms with Gasteiger partial charge in [0.15, 0.2) is 5.69 Å². The molecular formula is C28H36N4O4. The van der Waals surface area contributed by atoms with E-state index in [2.05, 4.69) is 15.0 Å². The minimum atomic E-state index is -1.32. The van der Waals surface area contributed by atoms with Crippen molar-refractivity contribution in [2.75, 3.05) is 7.11 Å². The Morgan fingerprint density at radius 3 is 2.28 bits per heavy atom. The first-order valence-corrected chi connectivity index (χ1v) is 13.7. The van der Waals surface area contributed by atoms with E-state index in [0.29, 0.717) is 23.6 Å². The van der Waals surface area contributed by atoms with Crippen LogP contribution in [0.1, 0.15) is 82.4 Å². The summed E-state index contributed by atoms with van der Waals surface area (Å²) in [6, 6.07) is 9.16. The number of nitrogens with zero attached hydrogens (tertiary/aromatic N) is 4. The largest absolute Gasteiger partial charge is 0.476 e. The molecule has 6 rings (SSSR count). The van der Waals surface area contributed by atoms with Crippen molar-refractivity contribution in [1.29, 1.82) is 0 Å². The van der Waals surface area contributed by atoms with Gasteiger partial charge in [0, 0.05) is 24.2 Å². The lowest BCUT2D eigenvalue weighted by molar-refractivity contribution is -0.129. The molecule has 4 aliphatic rings. The molecule has 1 aromatic heterocycles. The highest BCUT2D eigenvalue weighted by atomic mass is 16.6. The Labute approximate surface area is 211 Å². The Morgan fingerprint density at radius 1 is 0.944 bits per heavy atom. The monoisotopic (exact) mass is 492 g/mol. The number of fused-ring (bicyclic) bond motifs is 5. The van der Waals surface area contributed by atoms with Crippen molar-refractivity contribution in [2.24, 2.45) is 17.0 Å². The molecule has 1 N–H and O–H groups in total. The number of carbonyl (C=O) groups is 1. The number of para-hydroxylation sites is 2. The number of aliphatic carboxylic acids is 1. The second kappa shape index (κ2) is 9.61. The van der Waals surface area contributed by atoms with Crippen LogP contribution in [-0.4, -0.2) is 56.5 Å². The first-order valence-electron chi connectivity index (χ1n) is 13.7. The van der Waals surface area contributed by atoms with E-state index < -0.39 is 17.2 Å². The maximum Gasteiger partial charge on any atom is 0.360 e. The predicted molar refractivity (Wildman–Crippen MR) is 137 cm³/mol. The van der Waals surface area contributed by atoms with E-state index in [4.69, 9.17) is 4.84 Å². The topological polar surface area (TPSA) is 97.0 Å². The lowest BCUT2D eigenvalue weighted by Crippen LogP contribution is -2.58. The molecule has 6 atom stereocenters. The van der Waals surface area contributed by atoms with Crippen molar-refractivity contribution in [3.8, 4) is 0 Å². The first kappa shape index (κ1) is 23.6. The van der Waals surface area contributed by atoms with E-state index in [1.807, 2.05) is 28.8 Å². The fourth-order valence-corrected chi connectivity index (χ4v) is 8.08. The average molecular weight is 493 g/mol. The summed E-state index contributed by atoms with van der Waals surface area (Å²) in [5.74, 6) is 0.465. The van der Waals surface area contributed by atoms with Crippen molar-refractivity contribution in [3.05, 3.63) is 40.3 Å². The Morgan fingerprint density at radius 2 is 1.61 bits per heavy atom. The summed E-state index contributed by atoms with van der Waals surface area (Å²) in [5.41, 5.74) is 0.363. The van der Waals surface area contributed by atoms with Crippen LogP contribution in [0.4, 0.5) is 0 Å². The molecule has 4 fully saturated rings. The molecule has 0 amide bonds. The fourth-order valence-electron chi connectivity index (χ4n) is 8.08. The molecule has 0 radical (unpaired) electrons. The van der Waals surface area contributed by atoms with Crippen LogP contribution in [0.25, 0.3) is 11.0 Å². The van der Waals surface area contributed by atoms with Crippen LogP contribution in [-0.2, 0) is 9.63 Å². The van der Waals surface area contributed by atoms with Crippen LogP contribution in [0.5, 0.6) is 0 Å². The molecule has 4 bridgehead atoms. The molecule has 2 saturated heterocycles. The van der Waals surface area contributed by atoms with Crippen molar-refractivity contribution in [3.63, 3.8) is 0 Å². The Hall–Kier alpha value is -2.74. The lowest BCUT2D eigenvalue weighted by atomic mass is 9.68. The van der Waals surface area contributed by atoms with Crippen LogP contribution >= 0.6 is 0 Å². The van der Waals surface area contributed by atoms with E-state index in [-0.39, 0.29) is 11.7 Å². The van der Waals surface area contributed by atoms with Crippen LogP contribution in [0.15, 0.2) is 34.2 Å². The summed E-state index contributed by atoms with van der Waals surface area (Å²) in [6.07, 6.45) is 13.7. The number of carboxylic acids is 1. The number of hydrogen-bond donors (Lipinski definition) is 1. The van der Waals surface area contributed by atoms with Gasteiger partial charge in [-0.15, -0.1) is 0 Å². The van der Waals surface area contributed by atoms with E-state index in [0.717, 1.165) is 30.2 Å². The van der Waals surface area contributed by atoms with Crippen molar-refractivity contribution in [1.82, 2.24) is 14.5 Å². The van der Waals surface area contributed by atoms with Gasteiger partial charge >= 0.3 is 5.97 Å². The van der Waals surface area contributed by atoms with E-state index >= 15 is 0 Å². The molecule has 2 unspecified atom stereocenters. The van der Waals surface area contributed by atoms with Crippen molar-refractivity contribution >= 4 is 22.7 Å². The van der Waals surface area contributed by atoms with Crippen LogP contribution in [0, 0.1) is 11.8 Å². The molecule has 8 heteroatoms. The third kappa shape index (κ3) is 4.13. The number of oxime groups is 1. The van der Waals surface area contributed by atoms with Crippen molar-refractivity contribution in [2.45, 2.75) is 94.8 Å². The lowest BCUT2D eigenvalue weighted by Gasteiger charge is -2.55. The zero-order chi connectivity index (χ0) is 24.8. The molecule has 8 nitrogen and oxygen atoms in total. The highest BCUT2D eigenvalue weighted by molar-refractivity contribution is 6.41. The van der Waals surface area contributed by atoms with Gasteiger partial charge in [-0.3, -0.25) is 9.69 Å². The molecular weight excluding hydrogens is 456 g/mol. The predicted octanol–water partition coefficient (Wildman–Crippen LogP) is 4.36. The van der Waals surface area contributed by atoms with Crippen molar-refractivity contribution < 1.29 is 14.7 Å².